The zero-order valence-electron chi connectivity index (χ0n) is 14.2. The molecule has 2 rings (SSSR count). The summed E-state index contributed by atoms with van der Waals surface area (Å²) in [6, 6.07) is 0. The van der Waals surface area contributed by atoms with Gasteiger partial charge in [-0.1, -0.05) is 27.2 Å². The third-order valence-corrected chi connectivity index (χ3v) is 9.71. The summed E-state index contributed by atoms with van der Waals surface area (Å²) in [5.74, 6) is -0.813. The summed E-state index contributed by atoms with van der Waals surface area (Å²) in [5.41, 5.74) is 0. The summed E-state index contributed by atoms with van der Waals surface area (Å²) in [5, 5.41) is 0.189. The van der Waals surface area contributed by atoms with Gasteiger partial charge in [0.05, 0.1) is 0 Å². The minimum Gasteiger partial charge on any atom is -0.431 e. The minimum absolute atomic E-state index is 0.189. The summed E-state index contributed by atoms with van der Waals surface area (Å²) in [4.78, 5) is 12.0. The van der Waals surface area contributed by atoms with Gasteiger partial charge in [-0.25, -0.2) is 4.79 Å². The van der Waals surface area contributed by atoms with Crippen molar-refractivity contribution in [1.82, 2.24) is 0 Å². The predicted molar refractivity (Wildman–Crippen MR) is 84.5 cm³/mol. The van der Waals surface area contributed by atoms with Gasteiger partial charge >= 0.3 is 5.97 Å². The lowest BCUT2D eigenvalue weighted by molar-refractivity contribution is -0.192. The molecule has 21 heavy (non-hydrogen) atoms. The van der Waals surface area contributed by atoms with E-state index in [1.807, 2.05) is 0 Å². The van der Waals surface area contributed by atoms with Crippen LogP contribution in [0.1, 0.15) is 59.3 Å². The van der Waals surface area contributed by atoms with Crippen LogP contribution in [-0.4, -0.2) is 32.8 Å². The van der Waals surface area contributed by atoms with Crippen molar-refractivity contribution in [2.45, 2.75) is 89.3 Å². The Balaban J connectivity index is 1.83. The molecule has 122 valence electrons. The minimum atomic E-state index is -1.75. The molecular weight excluding hydrogens is 284 g/mol. The fourth-order valence-electron chi connectivity index (χ4n) is 2.71. The van der Waals surface area contributed by atoms with Crippen LogP contribution >= 0.6 is 0 Å². The number of ether oxygens (including phenoxy) is 2. The Morgan fingerprint density at radius 1 is 1.24 bits per heavy atom. The SMILES string of the molecule is CC(C)(C)[Si](C)(C)OCC[C@@H]1OC2(CCCCC2)OC1=O. The number of hydrogen-bond donors (Lipinski definition) is 0. The Morgan fingerprint density at radius 3 is 2.43 bits per heavy atom. The summed E-state index contributed by atoms with van der Waals surface area (Å²) in [6.07, 6.45) is 5.24. The fraction of sp³-hybridized carbons (Fsp3) is 0.938. The molecule has 4 nitrogen and oxygen atoms in total. The number of hydrogen-bond acceptors (Lipinski definition) is 4. The molecule has 1 aliphatic carbocycles. The highest BCUT2D eigenvalue weighted by Crippen LogP contribution is 2.40. The van der Waals surface area contributed by atoms with E-state index in [-0.39, 0.29) is 11.0 Å². The third kappa shape index (κ3) is 3.87. The maximum Gasteiger partial charge on any atom is 0.338 e. The Kier molecular flexibility index (Phi) is 4.86. The van der Waals surface area contributed by atoms with Gasteiger partial charge in [-0.05, 0) is 31.0 Å². The van der Waals surface area contributed by atoms with E-state index in [4.69, 9.17) is 13.9 Å². The molecule has 1 saturated carbocycles. The summed E-state index contributed by atoms with van der Waals surface area (Å²) >= 11 is 0. The number of carbonyl (C=O) groups excluding carboxylic acids is 1. The van der Waals surface area contributed by atoms with Gasteiger partial charge in [-0.15, -0.1) is 0 Å². The highest BCUT2D eigenvalue weighted by Gasteiger charge is 2.48. The van der Waals surface area contributed by atoms with Crippen LogP contribution in [0.3, 0.4) is 0 Å². The number of carbonyl (C=O) groups is 1. The van der Waals surface area contributed by atoms with Gasteiger partial charge in [-0.3, -0.25) is 0 Å². The van der Waals surface area contributed by atoms with E-state index in [1.165, 1.54) is 6.42 Å². The molecule has 0 unspecified atom stereocenters. The lowest BCUT2D eigenvalue weighted by atomic mass is 9.94. The Labute approximate surface area is 129 Å². The van der Waals surface area contributed by atoms with E-state index in [1.54, 1.807) is 0 Å². The van der Waals surface area contributed by atoms with Crippen molar-refractivity contribution in [1.29, 1.82) is 0 Å². The van der Waals surface area contributed by atoms with E-state index in [0.29, 0.717) is 13.0 Å². The Hall–Kier alpha value is -0.393. The van der Waals surface area contributed by atoms with E-state index in [9.17, 15) is 4.79 Å². The predicted octanol–water partition coefficient (Wildman–Crippen LogP) is 4.00. The molecule has 0 aromatic rings. The molecule has 2 fully saturated rings. The largest absolute Gasteiger partial charge is 0.431 e. The molecule has 1 spiro atoms. The first-order chi connectivity index (χ1) is 9.65. The van der Waals surface area contributed by atoms with Crippen molar-refractivity contribution in [3.63, 3.8) is 0 Å². The monoisotopic (exact) mass is 314 g/mol. The first kappa shape index (κ1) is 17.0. The summed E-state index contributed by atoms with van der Waals surface area (Å²) in [6.45, 7) is 11.7. The maximum absolute atomic E-state index is 12.0. The molecule has 0 aromatic heterocycles. The lowest BCUT2D eigenvalue weighted by Crippen LogP contribution is -2.41. The molecule has 0 amide bonds. The van der Waals surface area contributed by atoms with Gasteiger partial charge < -0.3 is 13.9 Å². The Morgan fingerprint density at radius 2 is 1.86 bits per heavy atom. The van der Waals surface area contributed by atoms with E-state index in [2.05, 4.69) is 33.9 Å². The van der Waals surface area contributed by atoms with Crippen molar-refractivity contribution in [3.8, 4) is 0 Å². The first-order valence-electron chi connectivity index (χ1n) is 8.20. The number of esters is 1. The van der Waals surface area contributed by atoms with E-state index in [0.717, 1.165) is 25.7 Å². The third-order valence-electron chi connectivity index (χ3n) is 5.17. The molecule has 0 aromatic carbocycles. The zero-order chi connectivity index (χ0) is 15.7. The van der Waals surface area contributed by atoms with E-state index >= 15 is 0 Å². The second-order valence-corrected chi connectivity index (χ2v) is 12.7. The van der Waals surface area contributed by atoms with Crippen molar-refractivity contribution in [3.05, 3.63) is 0 Å². The van der Waals surface area contributed by atoms with Gasteiger partial charge in [0, 0.05) is 25.9 Å². The standard InChI is InChI=1S/C16H30O4Si/c1-15(2,3)21(4,5)18-12-9-13-14(17)20-16(19-13)10-7-6-8-11-16/h13H,6-12H2,1-5H3/t13-/m0/s1. The van der Waals surface area contributed by atoms with Crippen LogP contribution in [0.25, 0.3) is 0 Å². The van der Waals surface area contributed by atoms with Crippen molar-refractivity contribution < 1.29 is 18.7 Å². The van der Waals surface area contributed by atoms with Gasteiger partial charge in [0.25, 0.3) is 0 Å². The molecule has 1 atom stereocenters. The topological polar surface area (TPSA) is 44.8 Å². The van der Waals surface area contributed by atoms with Crippen molar-refractivity contribution in [2.24, 2.45) is 0 Å². The summed E-state index contributed by atoms with van der Waals surface area (Å²) in [7, 11) is -1.75. The molecular formula is C16H30O4Si. The molecule has 2 aliphatic rings. The van der Waals surface area contributed by atoms with Crippen LogP contribution in [0, 0.1) is 0 Å². The summed E-state index contributed by atoms with van der Waals surface area (Å²) < 4.78 is 17.6. The second-order valence-electron chi connectivity index (χ2n) is 7.90. The van der Waals surface area contributed by atoms with Gasteiger partial charge in [0.1, 0.15) is 0 Å². The fourth-order valence-corrected chi connectivity index (χ4v) is 3.77. The van der Waals surface area contributed by atoms with Crippen LogP contribution in [0.5, 0.6) is 0 Å². The van der Waals surface area contributed by atoms with Crippen LogP contribution in [0.15, 0.2) is 0 Å². The van der Waals surface area contributed by atoms with Crippen LogP contribution in [0.2, 0.25) is 18.1 Å². The molecule has 1 heterocycles. The average molecular weight is 314 g/mol. The number of rotatable bonds is 4. The Bertz CT molecular complexity index is 380. The van der Waals surface area contributed by atoms with Crippen LogP contribution in [0.4, 0.5) is 0 Å². The molecule has 0 N–H and O–H groups in total. The highest BCUT2D eigenvalue weighted by atomic mass is 28.4. The van der Waals surface area contributed by atoms with Crippen molar-refractivity contribution >= 4 is 14.3 Å². The maximum atomic E-state index is 12.0. The van der Waals surface area contributed by atoms with Gasteiger partial charge in [0.2, 0.25) is 5.79 Å². The van der Waals surface area contributed by atoms with E-state index < -0.39 is 20.2 Å². The second kappa shape index (κ2) is 6.01. The lowest BCUT2D eigenvalue weighted by Gasteiger charge is -2.36. The zero-order valence-corrected chi connectivity index (χ0v) is 15.2. The normalized spacial score (nSPS) is 26.1. The molecule has 1 saturated heterocycles. The molecule has 0 radical (unpaired) electrons. The molecule has 5 heteroatoms. The quantitative estimate of drug-likeness (QED) is 0.581. The van der Waals surface area contributed by atoms with Crippen molar-refractivity contribution in [2.75, 3.05) is 6.61 Å². The molecule has 1 aliphatic heterocycles. The highest BCUT2D eigenvalue weighted by molar-refractivity contribution is 6.74. The smallest absolute Gasteiger partial charge is 0.338 e. The van der Waals surface area contributed by atoms with Gasteiger partial charge in [-0.2, -0.15) is 0 Å². The van der Waals surface area contributed by atoms with Gasteiger partial charge in [0.15, 0.2) is 14.4 Å². The molecule has 0 bridgehead atoms. The van der Waals surface area contributed by atoms with Crippen LogP contribution < -0.4 is 0 Å². The average Bonchev–Trinajstić information content (AvgIpc) is 2.65. The van der Waals surface area contributed by atoms with Crippen LogP contribution in [-0.2, 0) is 18.7 Å². The first-order valence-corrected chi connectivity index (χ1v) is 11.1.